The van der Waals surface area contributed by atoms with Crippen molar-refractivity contribution in [3.05, 3.63) is 60.0 Å². The van der Waals surface area contributed by atoms with Crippen LogP contribution in [-0.2, 0) is 6.54 Å². The molecule has 7 heteroatoms. The molecule has 0 radical (unpaired) electrons. The molecule has 3 aromatic rings. The van der Waals surface area contributed by atoms with Crippen molar-refractivity contribution in [3.8, 4) is 11.5 Å². The van der Waals surface area contributed by atoms with Crippen LogP contribution < -0.4 is 20.1 Å². The lowest BCUT2D eigenvalue weighted by molar-refractivity contribution is 0.405. The van der Waals surface area contributed by atoms with E-state index in [0.717, 1.165) is 28.5 Å². The van der Waals surface area contributed by atoms with Gasteiger partial charge in [0.25, 0.3) is 0 Å². The van der Waals surface area contributed by atoms with Crippen LogP contribution in [0.4, 0.5) is 17.5 Å². The van der Waals surface area contributed by atoms with Crippen LogP contribution in [0.15, 0.2) is 48.8 Å². The third kappa shape index (κ3) is 4.38. The van der Waals surface area contributed by atoms with Gasteiger partial charge in [-0.15, -0.1) is 0 Å². The van der Waals surface area contributed by atoms with E-state index in [-0.39, 0.29) is 0 Å². The minimum absolute atomic E-state index is 0.480. The van der Waals surface area contributed by atoms with Crippen LogP contribution in [0.1, 0.15) is 11.3 Å². The average molecular weight is 351 g/mol. The fourth-order valence-electron chi connectivity index (χ4n) is 2.44. The predicted octanol–water partition coefficient (Wildman–Crippen LogP) is 3.55. The van der Waals surface area contributed by atoms with E-state index in [1.807, 2.05) is 43.3 Å². The van der Waals surface area contributed by atoms with Crippen molar-refractivity contribution < 1.29 is 9.47 Å². The Bertz CT molecular complexity index is 871. The predicted molar refractivity (Wildman–Crippen MR) is 101 cm³/mol. The van der Waals surface area contributed by atoms with Crippen molar-refractivity contribution in [2.75, 3.05) is 24.9 Å². The molecule has 0 aliphatic carbocycles. The van der Waals surface area contributed by atoms with Gasteiger partial charge in [-0.1, -0.05) is 0 Å². The Hall–Kier alpha value is -3.35. The number of ether oxygens (including phenoxy) is 2. The van der Waals surface area contributed by atoms with E-state index in [0.29, 0.717) is 18.2 Å². The van der Waals surface area contributed by atoms with Gasteiger partial charge < -0.3 is 20.1 Å². The second-order valence-corrected chi connectivity index (χ2v) is 5.62. The fourth-order valence-corrected chi connectivity index (χ4v) is 2.44. The molecule has 0 fully saturated rings. The second-order valence-electron chi connectivity index (χ2n) is 5.62. The Morgan fingerprint density at radius 3 is 2.50 bits per heavy atom. The average Bonchev–Trinajstić information content (AvgIpc) is 2.66. The summed E-state index contributed by atoms with van der Waals surface area (Å²) in [5.41, 5.74) is 2.71. The highest BCUT2D eigenvalue weighted by molar-refractivity contribution is 5.65. The molecule has 0 aliphatic heterocycles. The molecule has 2 heterocycles. The molecule has 2 N–H and O–H groups in total. The Balaban J connectivity index is 1.79. The molecule has 7 nitrogen and oxygen atoms in total. The topological polar surface area (TPSA) is 81.2 Å². The smallest absolute Gasteiger partial charge is 0.229 e. The summed E-state index contributed by atoms with van der Waals surface area (Å²) in [6.07, 6.45) is 3.54. The van der Waals surface area contributed by atoms with Gasteiger partial charge in [-0.3, -0.25) is 4.98 Å². The Labute approximate surface area is 152 Å². The van der Waals surface area contributed by atoms with Gasteiger partial charge in [0.05, 0.1) is 19.9 Å². The zero-order valence-electron chi connectivity index (χ0n) is 15.0. The number of methoxy groups -OCH3 is 2. The molecule has 26 heavy (non-hydrogen) atoms. The summed E-state index contributed by atoms with van der Waals surface area (Å²) in [7, 11) is 3.24. The summed E-state index contributed by atoms with van der Waals surface area (Å²) in [5, 5.41) is 6.50. The fraction of sp³-hybridized carbons (Fsp3) is 0.211. The summed E-state index contributed by atoms with van der Waals surface area (Å²) in [6.45, 7) is 2.58. The Morgan fingerprint density at radius 2 is 1.77 bits per heavy atom. The molecule has 0 saturated carbocycles. The van der Waals surface area contributed by atoms with E-state index < -0.39 is 0 Å². The zero-order chi connectivity index (χ0) is 18.4. The van der Waals surface area contributed by atoms with Crippen LogP contribution >= 0.6 is 0 Å². The molecule has 0 amide bonds. The van der Waals surface area contributed by atoms with Crippen molar-refractivity contribution in [3.63, 3.8) is 0 Å². The van der Waals surface area contributed by atoms with E-state index >= 15 is 0 Å². The number of benzene rings is 1. The van der Waals surface area contributed by atoms with Crippen molar-refractivity contribution in [1.29, 1.82) is 0 Å². The normalized spacial score (nSPS) is 10.3. The summed E-state index contributed by atoms with van der Waals surface area (Å²) in [6, 6.07) is 11.3. The molecule has 0 spiro atoms. The first kappa shape index (κ1) is 17.5. The van der Waals surface area contributed by atoms with Gasteiger partial charge >= 0.3 is 0 Å². The molecule has 1 aromatic carbocycles. The van der Waals surface area contributed by atoms with Gasteiger partial charge in [0.1, 0.15) is 17.3 Å². The second kappa shape index (κ2) is 8.15. The van der Waals surface area contributed by atoms with Crippen LogP contribution in [0.3, 0.4) is 0 Å². The van der Waals surface area contributed by atoms with Crippen LogP contribution in [0.2, 0.25) is 0 Å². The number of pyridine rings is 1. The number of aromatic nitrogens is 3. The molecule has 0 saturated heterocycles. The van der Waals surface area contributed by atoms with Gasteiger partial charge in [-0.25, -0.2) is 4.98 Å². The maximum Gasteiger partial charge on any atom is 0.229 e. The lowest BCUT2D eigenvalue weighted by Gasteiger charge is -2.13. The summed E-state index contributed by atoms with van der Waals surface area (Å²) < 4.78 is 10.7. The number of hydrogen-bond donors (Lipinski definition) is 2. The lowest BCUT2D eigenvalue weighted by Crippen LogP contribution is -2.06. The molecule has 2 aromatic heterocycles. The monoisotopic (exact) mass is 351 g/mol. The van der Waals surface area contributed by atoms with Gasteiger partial charge in [0.2, 0.25) is 5.95 Å². The number of rotatable bonds is 7. The molecular formula is C19H21N5O2. The van der Waals surface area contributed by atoms with Crippen LogP contribution in [-0.4, -0.2) is 29.2 Å². The molecule has 0 bridgehead atoms. The minimum atomic E-state index is 0.480. The maximum atomic E-state index is 5.39. The number of anilines is 3. The molecular weight excluding hydrogens is 330 g/mol. The van der Waals surface area contributed by atoms with E-state index in [1.165, 1.54) is 0 Å². The third-order valence-corrected chi connectivity index (χ3v) is 3.73. The van der Waals surface area contributed by atoms with Crippen LogP contribution in [0.5, 0.6) is 11.5 Å². The number of nitrogens with zero attached hydrogens (tertiary/aromatic N) is 3. The SMILES string of the molecule is COc1ccc(OC)c(Nc2nc(C)cc(NCc3ccncc3)n2)c1. The largest absolute Gasteiger partial charge is 0.497 e. The quantitative estimate of drug-likeness (QED) is 0.673. The highest BCUT2D eigenvalue weighted by atomic mass is 16.5. The van der Waals surface area contributed by atoms with Gasteiger partial charge in [0.15, 0.2) is 0 Å². The highest BCUT2D eigenvalue weighted by Gasteiger charge is 2.09. The highest BCUT2D eigenvalue weighted by Crippen LogP contribution is 2.30. The van der Waals surface area contributed by atoms with Crippen LogP contribution in [0.25, 0.3) is 0 Å². The number of nitrogens with one attached hydrogen (secondary N) is 2. The molecule has 134 valence electrons. The van der Waals surface area contributed by atoms with E-state index in [2.05, 4.69) is 25.6 Å². The van der Waals surface area contributed by atoms with Crippen molar-refractivity contribution in [2.45, 2.75) is 13.5 Å². The molecule has 0 aliphatic rings. The third-order valence-electron chi connectivity index (χ3n) is 3.73. The first-order valence-electron chi connectivity index (χ1n) is 8.15. The van der Waals surface area contributed by atoms with Gasteiger partial charge in [-0.05, 0) is 36.8 Å². The number of aryl methyl sites for hydroxylation is 1. The summed E-state index contributed by atoms with van der Waals surface area (Å²) in [4.78, 5) is 13.0. The van der Waals surface area contributed by atoms with Gasteiger partial charge in [-0.2, -0.15) is 4.98 Å². The maximum absolute atomic E-state index is 5.39. The molecule has 3 rings (SSSR count). The van der Waals surface area contributed by atoms with E-state index in [1.54, 1.807) is 26.6 Å². The first-order valence-corrected chi connectivity index (χ1v) is 8.15. The first-order chi connectivity index (χ1) is 12.7. The van der Waals surface area contributed by atoms with Crippen molar-refractivity contribution in [2.24, 2.45) is 0 Å². The minimum Gasteiger partial charge on any atom is -0.497 e. The zero-order valence-corrected chi connectivity index (χ0v) is 15.0. The Kier molecular flexibility index (Phi) is 5.48. The van der Waals surface area contributed by atoms with Gasteiger partial charge in [0, 0.05) is 36.8 Å². The van der Waals surface area contributed by atoms with E-state index in [9.17, 15) is 0 Å². The van der Waals surface area contributed by atoms with Crippen molar-refractivity contribution >= 4 is 17.5 Å². The standard InChI is InChI=1S/C19H21N5O2/c1-13-10-18(21-12-14-6-8-20-9-7-14)24-19(22-13)23-16-11-15(25-2)4-5-17(16)26-3/h4-11H,12H2,1-3H3,(H2,21,22,23,24). The summed E-state index contributed by atoms with van der Waals surface area (Å²) >= 11 is 0. The number of hydrogen-bond acceptors (Lipinski definition) is 7. The molecule has 0 unspecified atom stereocenters. The van der Waals surface area contributed by atoms with Crippen molar-refractivity contribution in [1.82, 2.24) is 15.0 Å². The van der Waals surface area contributed by atoms with E-state index in [4.69, 9.17) is 9.47 Å². The Morgan fingerprint density at radius 1 is 0.962 bits per heavy atom. The molecule has 0 atom stereocenters. The lowest BCUT2D eigenvalue weighted by atomic mass is 10.2. The summed E-state index contributed by atoms with van der Waals surface area (Å²) in [5.74, 6) is 2.62. The van der Waals surface area contributed by atoms with Crippen LogP contribution in [0, 0.1) is 6.92 Å².